The molecule has 0 radical (unpaired) electrons. The lowest BCUT2D eigenvalue weighted by molar-refractivity contribution is 0.0927. The van der Waals surface area contributed by atoms with Crippen LogP contribution in [0.4, 0.5) is 0 Å². The number of carbonyl (C=O) groups is 1. The summed E-state index contributed by atoms with van der Waals surface area (Å²) < 4.78 is 15.7. The molecule has 1 aliphatic heterocycles. The number of rotatable bonds is 5. The first-order chi connectivity index (χ1) is 10.2. The molecule has 1 aromatic carbocycles. The topological polar surface area (TPSA) is 68.8 Å². The Labute approximate surface area is 124 Å². The molecule has 1 aliphatic rings. The molecule has 1 aromatic rings. The zero-order chi connectivity index (χ0) is 15.2. The minimum atomic E-state index is -0.165. The minimum absolute atomic E-state index is 0.143. The average Bonchev–Trinajstić information content (AvgIpc) is 2.54. The first-order valence-electron chi connectivity index (χ1n) is 7.01. The monoisotopic (exact) mass is 294 g/mol. The molecule has 1 saturated heterocycles. The summed E-state index contributed by atoms with van der Waals surface area (Å²) in [4.78, 5) is 12.4. The van der Waals surface area contributed by atoms with Crippen LogP contribution in [0.25, 0.3) is 0 Å². The van der Waals surface area contributed by atoms with Gasteiger partial charge in [-0.1, -0.05) is 0 Å². The van der Waals surface area contributed by atoms with Crippen LogP contribution in [0.15, 0.2) is 12.1 Å². The third kappa shape index (κ3) is 3.58. The van der Waals surface area contributed by atoms with E-state index in [4.69, 9.17) is 14.2 Å². The van der Waals surface area contributed by atoms with Gasteiger partial charge in [0.1, 0.15) is 5.75 Å². The van der Waals surface area contributed by atoms with Crippen molar-refractivity contribution >= 4 is 5.91 Å². The molecule has 116 valence electrons. The highest BCUT2D eigenvalue weighted by Crippen LogP contribution is 2.34. The first kappa shape index (κ1) is 15.4. The van der Waals surface area contributed by atoms with Gasteiger partial charge in [-0.25, -0.2) is 0 Å². The van der Waals surface area contributed by atoms with E-state index in [-0.39, 0.29) is 11.9 Å². The highest BCUT2D eigenvalue weighted by atomic mass is 16.5. The summed E-state index contributed by atoms with van der Waals surface area (Å²) in [6.07, 6.45) is 2.04. The first-order valence-corrected chi connectivity index (χ1v) is 7.01. The van der Waals surface area contributed by atoms with Crippen molar-refractivity contribution in [3.8, 4) is 17.2 Å². The second-order valence-corrected chi connectivity index (χ2v) is 4.92. The van der Waals surface area contributed by atoms with Crippen LogP contribution in [0.3, 0.4) is 0 Å². The van der Waals surface area contributed by atoms with E-state index in [9.17, 15) is 4.79 Å². The van der Waals surface area contributed by atoms with Gasteiger partial charge in [-0.3, -0.25) is 4.79 Å². The number of nitrogens with one attached hydrogen (secondary N) is 2. The van der Waals surface area contributed by atoms with Gasteiger partial charge in [0.25, 0.3) is 5.91 Å². The molecule has 2 rings (SSSR count). The van der Waals surface area contributed by atoms with Crippen LogP contribution in [0, 0.1) is 0 Å². The second kappa shape index (κ2) is 7.17. The Morgan fingerprint density at radius 3 is 2.38 bits per heavy atom. The van der Waals surface area contributed by atoms with Crippen molar-refractivity contribution in [2.24, 2.45) is 0 Å². The van der Waals surface area contributed by atoms with Crippen LogP contribution < -0.4 is 24.8 Å². The van der Waals surface area contributed by atoms with Gasteiger partial charge in [-0.15, -0.1) is 0 Å². The molecule has 21 heavy (non-hydrogen) atoms. The Morgan fingerprint density at radius 2 is 1.81 bits per heavy atom. The summed E-state index contributed by atoms with van der Waals surface area (Å²) in [6.45, 7) is 1.80. The lowest BCUT2D eigenvalue weighted by atomic mass is 10.1. The van der Waals surface area contributed by atoms with E-state index in [0.29, 0.717) is 22.8 Å². The molecule has 6 nitrogen and oxygen atoms in total. The van der Waals surface area contributed by atoms with Gasteiger partial charge in [0.2, 0.25) is 0 Å². The number of benzene rings is 1. The number of hydrogen-bond acceptors (Lipinski definition) is 5. The fraction of sp³-hybridized carbons (Fsp3) is 0.533. The van der Waals surface area contributed by atoms with E-state index in [1.807, 2.05) is 0 Å². The van der Waals surface area contributed by atoms with Gasteiger partial charge in [0, 0.05) is 24.7 Å². The van der Waals surface area contributed by atoms with Gasteiger partial charge in [-0.05, 0) is 19.4 Å². The van der Waals surface area contributed by atoms with Gasteiger partial charge < -0.3 is 24.8 Å². The zero-order valence-electron chi connectivity index (χ0n) is 12.7. The Kier molecular flexibility index (Phi) is 5.27. The van der Waals surface area contributed by atoms with Crippen molar-refractivity contribution in [3.63, 3.8) is 0 Å². The lowest BCUT2D eigenvalue weighted by Gasteiger charge is -2.24. The van der Waals surface area contributed by atoms with Crippen molar-refractivity contribution in [3.05, 3.63) is 17.7 Å². The Hall–Kier alpha value is -1.95. The summed E-state index contributed by atoms with van der Waals surface area (Å²) in [5.74, 6) is 1.34. The van der Waals surface area contributed by atoms with Gasteiger partial charge >= 0.3 is 0 Å². The molecule has 1 atom stereocenters. The minimum Gasteiger partial charge on any atom is -0.496 e. The normalized spacial score (nSPS) is 18.0. The molecule has 0 aromatic heterocycles. The molecular weight excluding hydrogens is 272 g/mol. The summed E-state index contributed by atoms with van der Waals surface area (Å²) in [6, 6.07) is 3.44. The van der Waals surface area contributed by atoms with Crippen molar-refractivity contribution in [1.29, 1.82) is 0 Å². The predicted molar refractivity (Wildman–Crippen MR) is 79.5 cm³/mol. The number of ether oxygens (including phenoxy) is 3. The lowest BCUT2D eigenvalue weighted by Crippen LogP contribution is -2.45. The van der Waals surface area contributed by atoms with Gasteiger partial charge in [0.05, 0.1) is 26.9 Å². The summed E-state index contributed by atoms with van der Waals surface area (Å²) >= 11 is 0. The van der Waals surface area contributed by atoms with E-state index in [2.05, 4.69) is 10.6 Å². The van der Waals surface area contributed by atoms with Crippen molar-refractivity contribution in [2.75, 3.05) is 34.4 Å². The standard InChI is InChI=1S/C15H22N2O4/c1-19-12-8-14(21-3)13(20-2)7-11(12)15(18)17-10-5-4-6-16-9-10/h7-8,10,16H,4-6,9H2,1-3H3,(H,17,18)/t10-/m1/s1. The second-order valence-electron chi connectivity index (χ2n) is 4.92. The van der Waals surface area contributed by atoms with E-state index in [1.54, 1.807) is 19.2 Å². The largest absolute Gasteiger partial charge is 0.496 e. The van der Waals surface area contributed by atoms with Crippen molar-refractivity contribution in [1.82, 2.24) is 10.6 Å². The highest BCUT2D eigenvalue weighted by molar-refractivity contribution is 5.98. The number of amides is 1. The van der Waals surface area contributed by atoms with E-state index in [1.165, 1.54) is 14.2 Å². The molecule has 0 bridgehead atoms. The van der Waals surface area contributed by atoms with Crippen molar-refractivity contribution < 1.29 is 19.0 Å². The van der Waals surface area contributed by atoms with Crippen LogP contribution >= 0.6 is 0 Å². The van der Waals surface area contributed by atoms with Crippen LogP contribution in [-0.4, -0.2) is 46.4 Å². The maximum Gasteiger partial charge on any atom is 0.255 e. The molecule has 1 fully saturated rings. The van der Waals surface area contributed by atoms with Crippen LogP contribution in [0.2, 0.25) is 0 Å². The molecule has 1 amide bonds. The molecule has 2 N–H and O–H groups in total. The van der Waals surface area contributed by atoms with E-state index in [0.717, 1.165) is 25.9 Å². The van der Waals surface area contributed by atoms with Crippen LogP contribution in [0.1, 0.15) is 23.2 Å². The Balaban J connectivity index is 2.21. The number of hydrogen-bond donors (Lipinski definition) is 2. The number of carbonyl (C=O) groups excluding carboxylic acids is 1. The molecule has 0 spiro atoms. The predicted octanol–water partition coefficient (Wildman–Crippen LogP) is 1.19. The molecule has 1 heterocycles. The van der Waals surface area contributed by atoms with Crippen molar-refractivity contribution in [2.45, 2.75) is 18.9 Å². The number of piperidine rings is 1. The van der Waals surface area contributed by atoms with Gasteiger partial charge in [-0.2, -0.15) is 0 Å². The molecular formula is C15H22N2O4. The summed E-state index contributed by atoms with van der Waals surface area (Å²) in [5, 5.41) is 6.29. The molecule has 0 aliphatic carbocycles. The zero-order valence-corrected chi connectivity index (χ0v) is 12.7. The SMILES string of the molecule is COc1cc(OC)c(C(=O)N[C@@H]2CCCNC2)cc1OC. The molecule has 0 unspecified atom stereocenters. The quantitative estimate of drug-likeness (QED) is 0.854. The maximum absolute atomic E-state index is 12.4. The fourth-order valence-electron chi connectivity index (χ4n) is 2.44. The smallest absolute Gasteiger partial charge is 0.255 e. The summed E-state index contributed by atoms with van der Waals surface area (Å²) in [5.41, 5.74) is 0.445. The highest BCUT2D eigenvalue weighted by Gasteiger charge is 2.21. The van der Waals surface area contributed by atoms with Gasteiger partial charge in [0.15, 0.2) is 11.5 Å². The maximum atomic E-state index is 12.4. The van der Waals surface area contributed by atoms with Crippen LogP contribution in [-0.2, 0) is 0 Å². The Bertz CT molecular complexity index is 499. The third-order valence-electron chi connectivity index (χ3n) is 3.58. The van der Waals surface area contributed by atoms with Crippen LogP contribution in [0.5, 0.6) is 17.2 Å². The fourth-order valence-corrected chi connectivity index (χ4v) is 2.44. The van der Waals surface area contributed by atoms with E-state index >= 15 is 0 Å². The molecule has 0 saturated carbocycles. The Morgan fingerprint density at radius 1 is 1.14 bits per heavy atom. The number of methoxy groups -OCH3 is 3. The molecule has 6 heteroatoms. The average molecular weight is 294 g/mol. The third-order valence-corrected chi connectivity index (χ3v) is 3.58. The van der Waals surface area contributed by atoms with E-state index < -0.39 is 0 Å². The summed E-state index contributed by atoms with van der Waals surface area (Å²) in [7, 11) is 4.61.